The zero-order valence-corrected chi connectivity index (χ0v) is 18.4. The molecule has 4 aromatic heterocycles. The molecule has 0 radical (unpaired) electrons. The molecule has 0 aliphatic rings. The summed E-state index contributed by atoms with van der Waals surface area (Å²) >= 11 is 0. The van der Waals surface area contributed by atoms with Gasteiger partial charge in [0.25, 0.3) is 11.8 Å². The first kappa shape index (κ1) is 21.1. The lowest BCUT2D eigenvalue weighted by Gasteiger charge is -2.15. The Morgan fingerprint density at radius 2 is 1.97 bits per heavy atom. The Balaban J connectivity index is 1.60. The number of carbonyl (C=O) groups is 1. The minimum absolute atomic E-state index is 0.0399. The standard InChI is InChI=1S/C23H20N8O3/c1-11-6-7-15-14(9-26-30-15)20(11)13-8-17(28-22(21(13)24)23(25)32)16-4-3-5-18(27-16)33-10-19-31-29-12(2)34-19/h3-9H,10,24H2,1-2H3,(H2,25,32)(H,26,30). The van der Waals surface area contributed by atoms with Crippen molar-refractivity contribution in [1.82, 2.24) is 30.4 Å². The SMILES string of the molecule is Cc1nnc(COc2cccc(-c3cc(-c4c(C)ccc5[nH]ncc45)c(N)c(C(N)=O)n3)n2)o1. The minimum Gasteiger partial charge on any atom is -0.468 e. The van der Waals surface area contributed by atoms with Crippen LogP contribution in [0.5, 0.6) is 5.88 Å². The highest BCUT2D eigenvalue weighted by molar-refractivity contribution is 6.05. The summed E-state index contributed by atoms with van der Waals surface area (Å²) in [6.07, 6.45) is 1.72. The summed E-state index contributed by atoms with van der Waals surface area (Å²) in [7, 11) is 0. The Morgan fingerprint density at radius 1 is 1.12 bits per heavy atom. The zero-order valence-electron chi connectivity index (χ0n) is 18.4. The van der Waals surface area contributed by atoms with Gasteiger partial charge in [0.15, 0.2) is 12.3 Å². The topological polar surface area (TPSA) is 172 Å². The van der Waals surface area contributed by atoms with Crippen molar-refractivity contribution in [2.75, 3.05) is 5.73 Å². The number of hydrogen-bond acceptors (Lipinski definition) is 9. The Morgan fingerprint density at radius 3 is 2.74 bits per heavy atom. The van der Waals surface area contributed by atoms with E-state index in [4.69, 9.17) is 20.6 Å². The predicted octanol–water partition coefficient (Wildman–Crippen LogP) is 2.95. The molecule has 0 spiro atoms. The molecule has 0 aliphatic carbocycles. The number of primary amides is 1. The lowest BCUT2D eigenvalue weighted by molar-refractivity contribution is 0.0996. The van der Waals surface area contributed by atoms with E-state index >= 15 is 0 Å². The minimum atomic E-state index is -0.739. The number of carbonyl (C=O) groups excluding carboxylic acids is 1. The molecule has 34 heavy (non-hydrogen) atoms. The van der Waals surface area contributed by atoms with Crippen molar-refractivity contribution in [2.24, 2.45) is 5.73 Å². The van der Waals surface area contributed by atoms with Gasteiger partial charge in [0, 0.05) is 23.9 Å². The van der Waals surface area contributed by atoms with Gasteiger partial charge in [-0.1, -0.05) is 12.1 Å². The molecule has 5 rings (SSSR count). The quantitative estimate of drug-likeness (QED) is 0.347. The first-order valence-corrected chi connectivity index (χ1v) is 10.3. The van der Waals surface area contributed by atoms with Crippen molar-refractivity contribution in [1.29, 1.82) is 0 Å². The number of nitrogen functional groups attached to an aromatic ring is 1. The first-order valence-electron chi connectivity index (χ1n) is 10.3. The molecular formula is C23H20N8O3. The van der Waals surface area contributed by atoms with E-state index < -0.39 is 5.91 Å². The molecule has 1 aromatic carbocycles. The van der Waals surface area contributed by atoms with Crippen LogP contribution in [0.2, 0.25) is 0 Å². The number of nitrogens with one attached hydrogen (secondary N) is 1. The molecule has 4 heterocycles. The maximum Gasteiger partial charge on any atom is 0.269 e. The van der Waals surface area contributed by atoms with Crippen molar-refractivity contribution in [3.05, 3.63) is 65.6 Å². The second kappa shape index (κ2) is 8.28. The molecule has 5 aromatic rings. The summed E-state index contributed by atoms with van der Waals surface area (Å²) in [5.41, 5.74) is 16.2. The first-order chi connectivity index (χ1) is 16.4. The molecule has 11 heteroatoms. The summed E-state index contributed by atoms with van der Waals surface area (Å²) in [6.45, 7) is 3.71. The van der Waals surface area contributed by atoms with Crippen LogP contribution in [0.1, 0.15) is 27.8 Å². The number of nitrogens with zero attached hydrogens (tertiary/aromatic N) is 5. The van der Waals surface area contributed by atoms with Gasteiger partial charge in [0.2, 0.25) is 11.8 Å². The molecule has 0 saturated heterocycles. The summed E-state index contributed by atoms with van der Waals surface area (Å²) in [5, 5.41) is 15.6. The van der Waals surface area contributed by atoms with Crippen LogP contribution in [0.25, 0.3) is 33.4 Å². The number of benzene rings is 1. The van der Waals surface area contributed by atoms with Crippen LogP contribution in [0.4, 0.5) is 5.69 Å². The van der Waals surface area contributed by atoms with Crippen molar-refractivity contribution in [3.63, 3.8) is 0 Å². The monoisotopic (exact) mass is 456 g/mol. The Labute approximate surface area is 193 Å². The average molecular weight is 456 g/mol. The molecular weight excluding hydrogens is 436 g/mol. The number of H-pyrrole nitrogens is 1. The number of aryl methyl sites for hydroxylation is 2. The lowest BCUT2D eigenvalue weighted by Crippen LogP contribution is -2.17. The van der Waals surface area contributed by atoms with Gasteiger partial charge in [-0.25, -0.2) is 9.97 Å². The molecule has 0 saturated carbocycles. The summed E-state index contributed by atoms with van der Waals surface area (Å²) in [6, 6.07) is 10.9. The molecule has 170 valence electrons. The Hall–Kier alpha value is -4.80. The third-order valence-corrected chi connectivity index (χ3v) is 5.29. The van der Waals surface area contributed by atoms with Crippen molar-refractivity contribution in [3.8, 4) is 28.4 Å². The summed E-state index contributed by atoms with van der Waals surface area (Å²) < 4.78 is 11.0. The summed E-state index contributed by atoms with van der Waals surface area (Å²) in [4.78, 5) is 21.1. The zero-order chi connectivity index (χ0) is 23.8. The number of ether oxygens (including phenoxy) is 1. The lowest BCUT2D eigenvalue weighted by atomic mass is 9.94. The van der Waals surface area contributed by atoms with Gasteiger partial charge in [0.1, 0.15) is 0 Å². The number of anilines is 1. The van der Waals surface area contributed by atoms with E-state index in [2.05, 4.69) is 30.4 Å². The number of amides is 1. The van der Waals surface area contributed by atoms with Crippen LogP contribution in [0.15, 0.2) is 47.0 Å². The van der Waals surface area contributed by atoms with Crippen molar-refractivity contribution >= 4 is 22.5 Å². The van der Waals surface area contributed by atoms with Gasteiger partial charge in [-0.3, -0.25) is 9.89 Å². The molecule has 5 N–H and O–H groups in total. The molecule has 0 aliphatic heterocycles. The van der Waals surface area contributed by atoms with Gasteiger partial charge in [-0.15, -0.1) is 10.2 Å². The number of pyridine rings is 2. The van der Waals surface area contributed by atoms with E-state index in [0.29, 0.717) is 34.6 Å². The van der Waals surface area contributed by atoms with Gasteiger partial charge < -0.3 is 20.6 Å². The molecule has 0 unspecified atom stereocenters. The van der Waals surface area contributed by atoms with Crippen LogP contribution >= 0.6 is 0 Å². The van der Waals surface area contributed by atoms with Gasteiger partial charge in [0.05, 0.1) is 28.8 Å². The van der Waals surface area contributed by atoms with E-state index in [1.165, 1.54) is 0 Å². The van der Waals surface area contributed by atoms with Crippen LogP contribution in [0.3, 0.4) is 0 Å². The third-order valence-electron chi connectivity index (χ3n) is 5.29. The van der Waals surface area contributed by atoms with Crippen molar-refractivity contribution < 1.29 is 13.9 Å². The summed E-state index contributed by atoms with van der Waals surface area (Å²) in [5.74, 6) is 0.359. The maximum absolute atomic E-state index is 12.2. The fourth-order valence-electron chi connectivity index (χ4n) is 3.73. The number of fused-ring (bicyclic) bond motifs is 1. The Kier molecular flexibility index (Phi) is 5.13. The number of aromatic amines is 1. The van der Waals surface area contributed by atoms with E-state index in [9.17, 15) is 4.79 Å². The normalized spacial score (nSPS) is 11.1. The predicted molar refractivity (Wildman–Crippen MR) is 124 cm³/mol. The number of hydrogen-bond donors (Lipinski definition) is 3. The van der Waals surface area contributed by atoms with Crippen LogP contribution < -0.4 is 16.2 Å². The largest absolute Gasteiger partial charge is 0.468 e. The number of rotatable bonds is 6. The number of aromatic nitrogens is 6. The van der Waals surface area contributed by atoms with Crippen LogP contribution in [-0.4, -0.2) is 36.3 Å². The van der Waals surface area contributed by atoms with E-state index in [1.807, 2.05) is 19.1 Å². The van der Waals surface area contributed by atoms with E-state index in [0.717, 1.165) is 22.0 Å². The Bertz CT molecular complexity index is 1540. The number of nitrogens with two attached hydrogens (primary N) is 2. The maximum atomic E-state index is 12.2. The van der Waals surface area contributed by atoms with Crippen molar-refractivity contribution in [2.45, 2.75) is 20.5 Å². The molecule has 1 amide bonds. The fraction of sp³-hybridized carbons (Fsp3) is 0.130. The van der Waals surface area contributed by atoms with E-state index in [-0.39, 0.29) is 18.0 Å². The van der Waals surface area contributed by atoms with E-state index in [1.54, 1.807) is 37.4 Å². The smallest absolute Gasteiger partial charge is 0.269 e. The highest BCUT2D eigenvalue weighted by Gasteiger charge is 2.20. The fourth-order valence-corrected chi connectivity index (χ4v) is 3.73. The second-order valence-corrected chi connectivity index (χ2v) is 7.63. The highest BCUT2D eigenvalue weighted by Crippen LogP contribution is 2.37. The average Bonchev–Trinajstić information content (AvgIpc) is 3.47. The van der Waals surface area contributed by atoms with Gasteiger partial charge >= 0.3 is 0 Å². The molecule has 11 nitrogen and oxygen atoms in total. The van der Waals surface area contributed by atoms with Gasteiger partial charge in [-0.05, 0) is 36.2 Å². The van der Waals surface area contributed by atoms with Crippen LogP contribution in [-0.2, 0) is 6.61 Å². The van der Waals surface area contributed by atoms with Crippen LogP contribution in [0, 0.1) is 13.8 Å². The van der Waals surface area contributed by atoms with Gasteiger partial charge in [-0.2, -0.15) is 5.10 Å². The highest BCUT2D eigenvalue weighted by atomic mass is 16.5. The molecule has 0 atom stereocenters. The second-order valence-electron chi connectivity index (χ2n) is 7.63. The molecule has 0 fully saturated rings. The molecule has 0 bridgehead atoms. The third kappa shape index (κ3) is 3.79.